The molecule has 0 saturated carbocycles. The van der Waals surface area contributed by atoms with Gasteiger partial charge in [-0.05, 0) is 48.9 Å². The van der Waals surface area contributed by atoms with Gasteiger partial charge in [0, 0.05) is 18.8 Å². The Hall–Kier alpha value is -1.16. The van der Waals surface area contributed by atoms with Crippen LogP contribution in [0.4, 0.5) is 5.69 Å². The van der Waals surface area contributed by atoms with E-state index in [9.17, 15) is 0 Å². The van der Waals surface area contributed by atoms with Gasteiger partial charge in [-0.2, -0.15) is 0 Å². The van der Waals surface area contributed by atoms with Crippen LogP contribution in [0.2, 0.25) is 0 Å². The zero-order chi connectivity index (χ0) is 11.0. The van der Waals surface area contributed by atoms with Crippen LogP contribution in [-0.4, -0.2) is 25.8 Å². The van der Waals surface area contributed by atoms with Crippen molar-refractivity contribution in [3.63, 3.8) is 0 Å². The Morgan fingerprint density at radius 1 is 1.12 bits per heavy atom. The van der Waals surface area contributed by atoms with Crippen LogP contribution in [-0.2, 0) is 12.8 Å². The van der Waals surface area contributed by atoms with Gasteiger partial charge in [-0.15, -0.1) is 0 Å². The summed E-state index contributed by atoms with van der Waals surface area (Å²) in [6.45, 7) is 2.37. The van der Waals surface area contributed by atoms with Gasteiger partial charge in [0.25, 0.3) is 0 Å². The van der Waals surface area contributed by atoms with Gasteiger partial charge in [0.05, 0.1) is 0 Å². The molecule has 16 heavy (non-hydrogen) atoms. The van der Waals surface area contributed by atoms with E-state index in [4.69, 9.17) is 9.68 Å². The summed E-state index contributed by atoms with van der Waals surface area (Å²) >= 11 is 0. The van der Waals surface area contributed by atoms with Gasteiger partial charge < -0.3 is 14.6 Å². The van der Waals surface area contributed by atoms with Gasteiger partial charge in [0.15, 0.2) is 0 Å². The lowest BCUT2D eigenvalue weighted by Gasteiger charge is -2.37. The lowest BCUT2D eigenvalue weighted by atomic mass is 9.92. The van der Waals surface area contributed by atoms with Gasteiger partial charge in [-0.25, -0.2) is 0 Å². The average molecular weight is 216 g/mol. The van der Waals surface area contributed by atoms with Crippen LogP contribution in [0, 0.1) is 0 Å². The molecule has 0 amide bonds. The predicted molar refractivity (Wildman–Crippen MR) is 63.9 cm³/mol. The molecule has 2 aliphatic heterocycles. The molecule has 0 spiro atoms. The molecule has 83 valence electrons. The highest BCUT2D eigenvalue weighted by Gasteiger charge is 2.24. The number of hydrogen-bond donors (Lipinski definition) is 1. The van der Waals surface area contributed by atoms with Gasteiger partial charge in [-0.1, -0.05) is 0 Å². The van der Waals surface area contributed by atoms with Crippen molar-refractivity contribution in [2.75, 3.05) is 18.0 Å². The van der Waals surface area contributed by atoms with Crippen molar-refractivity contribution in [1.29, 1.82) is 0 Å². The highest BCUT2D eigenvalue weighted by molar-refractivity contribution is 6.17. The molecule has 0 bridgehead atoms. The molecule has 0 atom stereocenters. The summed E-state index contributed by atoms with van der Waals surface area (Å²) in [6, 6.07) is 4.12. The molecule has 2 heterocycles. The van der Waals surface area contributed by atoms with E-state index in [0.717, 1.165) is 26.3 Å². The van der Waals surface area contributed by atoms with Crippen LogP contribution >= 0.6 is 0 Å². The second kappa shape index (κ2) is 4.02. The molecule has 3 rings (SSSR count). The number of benzene rings is 1. The normalized spacial score (nSPS) is 17.9. The Labute approximate surface area is 96.3 Å². The van der Waals surface area contributed by atoms with E-state index in [-0.39, 0.29) is 0 Å². The van der Waals surface area contributed by atoms with Crippen LogP contribution in [0.1, 0.15) is 24.0 Å². The first-order valence-electron chi connectivity index (χ1n) is 5.92. The third-order valence-corrected chi connectivity index (χ3v) is 3.49. The first-order valence-corrected chi connectivity index (χ1v) is 5.92. The molecule has 0 saturated heterocycles. The van der Waals surface area contributed by atoms with Crippen molar-refractivity contribution in [3.05, 3.63) is 23.3 Å². The van der Waals surface area contributed by atoms with Crippen molar-refractivity contribution < 1.29 is 9.68 Å². The Bertz CT molecular complexity index is 377. The van der Waals surface area contributed by atoms with Crippen molar-refractivity contribution in [1.82, 2.24) is 0 Å². The van der Waals surface area contributed by atoms with Crippen molar-refractivity contribution in [2.24, 2.45) is 0 Å². The van der Waals surface area contributed by atoms with Crippen molar-refractivity contribution in [2.45, 2.75) is 25.7 Å². The zero-order valence-corrected chi connectivity index (χ0v) is 9.28. The molecular formula is C12H15BNO2. The van der Waals surface area contributed by atoms with Gasteiger partial charge in [0.2, 0.25) is 0 Å². The maximum atomic E-state index is 8.70. The monoisotopic (exact) mass is 216 g/mol. The average Bonchev–Trinajstić information content (AvgIpc) is 2.30. The highest BCUT2D eigenvalue weighted by Crippen LogP contribution is 2.37. The van der Waals surface area contributed by atoms with Crippen LogP contribution < -0.4 is 9.55 Å². The maximum absolute atomic E-state index is 8.70. The van der Waals surface area contributed by atoms with Gasteiger partial charge in [-0.3, -0.25) is 0 Å². The fourth-order valence-electron chi connectivity index (χ4n) is 2.90. The van der Waals surface area contributed by atoms with E-state index < -0.39 is 0 Å². The van der Waals surface area contributed by atoms with Crippen molar-refractivity contribution in [3.8, 4) is 5.75 Å². The maximum Gasteiger partial charge on any atom is 0.569 e. The van der Waals surface area contributed by atoms with Crippen molar-refractivity contribution >= 4 is 13.4 Å². The van der Waals surface area contributed by atoms with E-state index in [1.165, 1.54) is 42.7 Å². The first-order chi connectivity index (χ1) is 7.88. The van der Waals surface area contributed by atoms with Crippen LogP contribution in [0.15, 0.2) is 12.1 Å². The SMILES string of the molecule is O[B]Oc1cc2c3c(c1)CCCN3CCC2. The third kappa shape index (κ3) is 1.57. The predicted octanol–water partition coefficient (Wildman–Crippen LogP) is 1.29. The van der Waals surface area contributed by atoms with Gasteiger partial charge >= 0.3 is 7.69 Å². The number of anilines is 1. The molecule has 3 nitrogen and oxygen atoms in total. The summed E-state index contributed by atoms with van der Waals surface area (Å²) in [5.74, 6) is 0.764. The number of nitrogens with zero attached hydrogens (tertiary/aromatic N) is 1. The number of aryl methyl sites for hydroxylation is 2. The molecule has 0 unspecified atom stereocenters. The second-order valence-corrected chi connectivity index (χ2v) is 4.51. The fourth-order valence-corrected chi connectivity index (χ4v) is 2.90. The molecule has 1 aromatic rings. The summed E-state index contributed by atoms with van der Waals surface area (Å²) in [7, 11) is 0.762. The summed E-state index contributed by atoms with van der Waals surface area (Å²) in [5.41, 5.74) is 4.18. The number of rotatable bonds is 2. The molecular weight excluding hydrogens is 201 g/mol. The molecule has 4 heteroatoms. The van der Waals surface area contributed by atoms with E-state index >= 15 is 0 Å². The Morgan fingerprint density at radius 3 is 2.31 bits per heavy atom. The smallest absolute Gasteiger partial charge is 0.537 e. The lowest BCUT2D eigenvalue weighted by molar-refractivity contribution is 0.452. The molecule has 1 aromatic carbocycles. The molecule has 1 radical (unpaired) electrons. The zero-order valence-electron chi connectivity index (χ0n) is 9.28. The molecule has 1 N–H and O–H groups in total. The summed E-state index contributed by atoms with van der Waals surface area (Å²) in [4.78, 5) is 2.49. The first kappa shape index (κ1) is 10.0. The topological polar surface area (TPSA) is 32.7 Å². The highest BCUT2D eigenvalue weighted by atomic mass is 16.5. The Kier molecular flexibility index (Phi) is 2.52. The van der Waals surface area contributed by atoms with Crippen LogP contribution in [0.5, 0.6) is 5.75 Å². The number of hydrogen-bond acceptors (Lipinski definition) is 3. The van der Waals surface area contributed by atoms with Gasteiger partial charge in [0.1, 0.15) is 5.75 Å². The molecule has 0 fully saturated rings. The van der Waals surface area contributed by atoms with Crippen LogP contribution in [0.3, 0.4) is 0 Å². The minimum absolute atomic E-state index is 0.762. The van der Waals surface area contributed by atoms with E-state index in [0.29, 0.717) is 0 Å². The van der Waals surface area contributed by atoms with E-state index in [2.05, 4.69) is 17.0 Å². The standard InChI is InChI=1S/C12H15BNO2/c15-13-16-11-7-9-3-1-5-14-6-2-4-10(8-11)12(9)14/h7-8,15H,1-6H2. The van der Waals surface area contributed by atoms with Crippen LogP contribution in [0.25, 0.3) is 0 Å². The molecule has 0 aliphatic carbocycles. The summed E-state index contributed by atoms with van der Waals surface area (Å²) in [5, 5.41) is 8.70. The Morgan fingerprint density at radius 2 is 1.75 bits per heavy atom. The minimum atomic E-state index is 0.762. The lowest BCUT2D eigenvalue weighted by Crippen LogP contribution is -2.34. The molecule has 2 aliphatic rings. The van der Waals surface area contributed by atoms with E-state index in [1.54, 1.807) is 0 Å². The second-order valence-electron chi connectivity index (χ2n) is 4.51. The van der Waals surface area contributed by atoms with E-state index in [1.807, 2.05) is 0 Å². The quantitative estimate of drug-likeness (QED) is 0.756. The fraction of sp³-hybridized carbons (Fsp3) is 0.500. The summed E-state index contributed by atoms with van der Waals surface area (Å²) < 4.78 is 5.09. The third-order valence-electron chi connectivity index (χ3n) is 3.49. The molecule has 0 aromatic heterocycles. The minimum Gasteiger partial charge on any atom is -0.537 e. The summed E-state index contributed by atoms with van der Waals surface area (Å²) in [6.07, 6.45) is 4.69. The largest absolute Gasteiger partial charge is 0.569 e. The Balaban J connectivity index is 2.06.